The van der Waals surface area contributed by atoms with Gasteiger partial charge in [0.1, 0.15) is 0 Å². The highest BCUT2D eigenvalue weighted by Gasteiger charge is 2.10. The van der Waals surface area contributed by atoms with Gasteiger partial charge in [-0.25, -0.2) is 4.79 Å². The number of halogens is 1. The van der Waals surface area contributed by atoms with E-state index >= 15 is 0 Å². The first-order valence-corrected chi connectivity index (χ1v) is 5.26. The number of carbonyl (C=O) groups is 2. The second-order valence-electron chi connectivity index (χ2n) is 3.36. The molecule has 1 atom stereocenters. The lowest BCUT2D eigenvalue weighted by Gasteiger charge is -1.99. The van der Waals surface area contributed by atoms with Gasteiger partial charge >= 0.3 is 5.97 Å². The Labute approximate surface area is 103 Å². The van der Waals surface area contributed by atoms with Crippen LogP contribution in [0.2, 0.25) is 5.02 Å². The highest BCUT2D eigenvalue weighted by atomic mass is 35.5. The van der Waals surface area contributed by atoms with Gasteiger partial charge in [-0.15, -0.1) is 0 Å². The smallest absolute Gasteiger partial charge is 0.332 e. The highest BCUT2D eigenvalue weighted by Crippen LogP contribution is 2.10. The number of aliphatic hydroxyl groups is 1. The molecule has 1 rings (SSSR count). The van der Waals surface area contributed by atoms with E-state index in [4.69, 9.17) is 21.8 Å². The van der Waals surface area contributed by atoms with Crippen molar-refractivity contribution >= 4 is 23.4 Å². The molecule has 0 aliphatic heterocycles. The van der Waals surface area contributed by atoms with E-state index in [1.54, 1.807) is 24.3 Å². The van der Waals surface area contributed by atoms with Gasteiger partial charge in [-0.3, -0.25) is 4.79 Å². The Bertz CT molecular complexity index is 436. The topological polar surface area (TPSA) is 74.6 Å². The molecule has 0 fully saturated rings. The molecule has 0 aromatic heterocycles. The molecular formula is C12H11ClO4. The Kier molecular flexibility index (Phi) is 4.87. The lowest BCUT2D eigenvalue weighted by Crippen LogP contribution is -2.18. The molecule has 5 heteroatoms. The van der Waals surface area contributed by atoms with Gasteiger partial charge in [0.25, 0.3) is 0 Å². The van der Waals surface area contributed by atoms with Gasteiger partial charge in [0, 0.05) is 17.0 Å². The van der Waals surface area contributed by atoms with E-state index < -0.39 is 12.1 Å². The molecule has 0 radical (unpaired) electrons. The van der Waals surface area contributed by atoms with E-state index in [-0.39, 0.29) is 12.2 Å². The molecule has 0 amide bonds. The van der Waals surface area contributed by atoms with Crippen LogP contribution in [-0.4, -0.2) is 28.1 Å². The van der Waals surface area contributed by atoms with Gasteiger partial charge in [-0.2, -0.15) is 0 Å². The molecule has 4 nitrogen and oxygen atoms in total. The summed E-state index contributed by atoms with van der Waals surface area (Å²) in [6, 6.07) is 6.33. The zero-order valence-corrected chi connectivity index (χ0v) is 9.59. The third kappa shape index (κ3) is 4.38. The number of allylic oxidation sites excluding steroid dienone is 1. The van der Waals surface area contributed by atoms with Crippen LogP contribution in [0.1, 0.15) is 16.8 Å². The number of aliphatic hydroxyl groups excluding tert-OH is 1. The number of carbonyl (C=O) groups excluding carboxylic acids is 1. The Hall–Kier alpha value is -1.65. The van der Waals surface area contributed by atoms with Crippen LogP contribution in [0.25, 0.3) is 0 Å². The first-order valence-electron chi connectivity index (χ1n) is 4.88. The molecule has 2 N–H and O–H groups in total. The predicted octanol–water partition coefficient (Wildman–Crippen LogP) is 1.91. The molecular weight excluding hydrogens is 244 g/mol. The first-order chi connectivity index (χ1) is 8.00. The standard InChI is InChI=1S/C12H11ClO4/c13-9-6-4-8(5-7-9)10(14)2-1-3-11(15)12(16)17/h1-2,4-7,11,15H,3H2,(H,16,17). The molecule has 0 aliphatic carbocycles. The predicted molar refractivity (Wildman–Crippen MR) is 63.2 cm³/mol. The van der Waals surface area contributed by atoms with Crippen LogP contribution in [0, 0.1) is 0 Å². The van der Waals surface area contributed by atoms with Gasteiger partial charge in [0.2, 0.25) is 0 Å². The summed E-state index contributed by atoms with van der Waals surface area (Å²) in [5.41, 5.74) is 0.454. The monoisotopic (exact) mass is 254 g/mol. The van der Waals surface area contributed by atoms with Crippen LogP contribution in [-0.2, 0) is 4.79 Å². The molecule has 17 heavy (non-hydrogen) atoms. The first kappa shape index (κ1) is 13.4. The van der Waals surface area contributed by atoms with Crippen molar-refractivity contribution in [3.05, 3.63) is 47.0 Å². The second kappa shape index (κ2) is 6.18. The Morgan fingerprint density at radius 1 is 1.29 bits per heavy atom. The van der Waals surface area contributed by atoms with E-state index in [1.807, 2.05) is 0 Å². The number of hydrogen-bond acceptors (Lipinski definition) is 3. The van der Waals surface area contributed by atoms with E-state index in [0.717, 1.165) is 0 Å². The van der Waals surface area contributed by atoms with Gasteiger partial charge in [0.05, 0.1) is 0 Å². The van der Waals surface area contributed by atoms with E-state index in [0.29, 0.717) is 10.6 Å². The van der Waals surface area contributed by atoms with Gasteiger partial charge < -0.3 is 10.2 Å². The lowest BCUT2D eigenvalue weighted by atomic mass is 10.1. The number of benzene rings is 1. The number of rotatable bonds is 5. The van der Waals surface area contributed by atoms with Crippen LogP contribution < -0.4 is 0 Å². The number of carboxylic acids is 1. The maximum absolute atomic E-state index is 11.5. The quantitative estimate of drug-likeness (QED) is 0.622. The molecule has 0 saturated carbocycles. The maximum atomic E-state index is 11.5. The number of ketones is 1. The van der Waals surface area contributed by atoms with Crippen molar-refractivity contribution in [3.8, 4) is 0 Å². The SMILES string of the molecule is O=C(C=CCC(O)C(=O)O)c1ccc(Cl)cc1. The summed E-state index contributed by atoms with van der Waals surface area (Å²) in [7, 11) is 0. The third-order valence-corrected chi connectivity index (χ3v) is 2.29. The van der Waals surface area contributed by atoms with Crippen molar-refractivity contribution in [1.29, 1.82) is 0 Å². The molecule has 0 saturated heterocycles. The Morgan fingerprint density at radius 2 is 1.88 bits per heavy atom. The summed E-state index contributed by atoms with van der Waals surface area (Å²) in [5.74, 6) is -1.58. The lowest BCUT2D eigenvalue weighted by molar-refractivity contribution is -0.146. The number of aliphatic carboxylic acids is 1. The molecule has 0 aliphatic rings. The number of carboxylic acid groups (broad SMARTS) is 1. The van der Waals surface area contributed by atoms with E-state index in [9.17, 15) is 9.59 Å². The Morgan fingerprint density at radius 3 is 2.41 bits per heavy atom. The van der Waals surface area contributed by atoms with Crippen molar-refractivity contribution in [2.75, 3.05) is 0 Å². The minimum absolute atomic E-state index is 0.103. The van der Waals surface area contributed by atoms with E-state index in [2.05, 4.69) is 0 Å². The van der Waals surface area contributed by atoms with Crippen LogP contribution in [0.4, 0.5) is 0 Å². The van der Waals surface area contributed by atoms with Gasteiger partial charge in [-0.05, 0) is 30.3 Å². The average Bonchev–Trinajstić information content (AvgIpc) is 2.29. The highest BCUT2D eigenvalue weighted by molar-refractivity contribution is 6.30. The minimum atomic E-state index is -1.48. The fourth-order valence-corrected chi connectivity index (χ4v) is 1.24. The second-order valence-corrected chi connectivity index (χ2v) is 3.80. The van der Waals surface area contributed by atoms with Crippen LogP contribution in [0.15, 0.2) is 36.4 Å². The maximum Gasteiger partial charge on any atom is 0.332 e. The molecule has 0 heterocycles. The zero-order chi connectivity index (χ0) is 12.8. The van der Waals surface area contributed by atoms with Crippen molar-refractivity contribution < 1.29 is 19.8 Å². The number of hydrogen-bond donors (Lipinski definition) is 2. The molecule has 1 aromatic carbocycles. The normalized spacial score (nSPS) is 12.6. The van der Waals surface area contributed by atoms with Crippen molar-refractivity contribution in [2.45, 2.75) is 12.5 Å². The van der Waals surface area contributed by atoms with Gasteiger partial charge in [-0.1, -0.05) is 17.7 Å². The molecule has 1 unspecified atom stereocenters. The largest absolute Gasteiger partial charge is 0.479 e. The van der Waals surface area contributed by atoms with Crippen molar-refractivity contribution in [2.24, 2.45) is 0 Å². The molecule has 0 spiro atoms. The van der Waals surface area contributed by atoms with Crippen molar-refractivity contribution in [1.82, 2.24) is 0 Å². The molecule has 1 aromatic rings. The minimum Gasteiger partial charge on any atom is -0.479 e. The Balaban J connectivity index is 2.57. The third-order valence-electron chi connectivity index (χ3n) is 2.04. The summed E-state index contributed by atoms with van der Waals surface area (Å²) in [5, 5.41) is 17.9. The zero-order valence-electron chi connectivity index (χ0n) is 8.84. The summed E-state index contributed by atoms with van der Waals surface area (Å²) >= 11 is 5.67. The summed E-state index contributed by atoms with van der Waals surface area (Å²) < 4.78 is 0. The van der Waals surface area contributed by atoms with Gasteiger partial charge in [0.15, 0.2) is 11.9 Å². The summed E-state index contributed by atoms with van der Waals surface area (Å²) in [6.07, 6.45) is 0.976. The molecule has 0 bridgehead atoms. The van der Waals surface area contributed by atoms with E-state index in [1.165, 1.54) is 12.2 Å². The van der Waals surface area contributed by atoms with Crippen LogP contribution >= 0.6 is 11.6 Å². The fourth-order valence-electron chi connectivity index (χ4n) is 1.12. The van der Waals surface area contributed by atoms with Crippen molar-refractivity contribution in [3.63, 3.8) is 0 Å². The molecule has 90 valence electrons. The summed E-state index contributed by atoms with van der Waals surface area (Å²) in [4.78, 5) is 21.8. The summed E-state index contributed by atoms with van der Waals surface area (Å²) in [6.45, 7) is 0. The van der Waals surface area contributed by atoms with Crippen LogP contribution in [0.3, 0.4) is 0 Å². The average molecular weight is 255 g/mol. The fraction of sp³-hybridized carbons (Fsp3) is 0.167. The van der Waals surface area contributed by atoms with Crippen LogP contribution in [0.5, 0.6) is 0 Å².